The van der Waals surface area contributed by atoms with Crippen LogP contribution < -0.4 is 9.47 Å². The Kier molecular flexibility index (Phi) is 4.45. The molecule has 19 heavy (non-hydrogen) atoms. The van der Waals surface area contributed by atoms with Crippen molar-refractivity contribution in [3.8, 4) is 11.5 Å². The summed E-state index contributed by atoms with van der Waals surface area (Å²) in [5.74, 6) is 0.559. The zero-order valence-electron chi connectivity index (χ0n) is 10.0. The van der Waals surface area contributed by atoms with E-state index >= 15 is 0 Å². The molecular formula is C14H10BrClO3. The van der Waals surface area contributed by atoms with E-state index in [4.69, 9.17) is 21.1 Å². The van der Waals surface area contributed by atoms with E-state index in [1.54, 1.807) is 49.6 Å². The summed E-state index contributed by atoms with van der Waals surface area (Å²) in [5.41, 5.74) is 0.418. The Labute approximate surface area is 124 Å². The molecule has 2 aromatic carbocycles. The maximum Gasteiger partial charge on any atom is 0.343 e. The van der Waals surface area contributed by atoms with Crippen LogP contribution in [-0.2, 0) is 0 Å². The molecule has 98 valence electrons. The van der Waals surface area contributed by atoms with Crippen LogP contribution >= 0.6 is 27.5 Å². The number of carbonyl (C=O) groups excluding carboxylic acids is 1. The van der Waals surface area contributed by atoms with Crippen molar-refractivity contribution >= 4 is 33.5 Å². The van der Waals surface area contributed by atoms with E-state index in [9.17, 15) is 4.79 Å². The minimum atomic E-state index is -0.457. The first kappa shape index (κ1) is 13.9. The van der Waals surface area contributed by atoms with Gasteiger partial charge in [0.05, 0.1) is 17.1 Å². The van der Waals surface area contributed by atoms with E-state index in [2.05, 4.69) is 15.9 Å². The number of hydrogen-bond acceptors (Lipinski definition) is 3. The van der Waals surface area contributed by atoms with E-state index < -0.39 is 5.97 Å². The Balaban J connectivity index is 2.20. The van der Waals surface area contributed by atoms with Crippen molar-refractivity contribution in [2.24, 2.45) is 0 Å². The molecule has 0 aliphatic rings. The van der Waals surface area contributed by atoms with Crippen LogP contribution in [0.25, 0.3) is 0 Å². The zero-order chi connectivity index (χ0) is 13.8. The highest BCUT2D eigenvalue weighted by atomic mass is 79.9. The number of halogens is 2. The Bertz CT molecular complexity index is 613. The van der Waals surface area contributed by atoms with Crippen molar-refractivity contribution < 1.29 is 14.3 Å². The first-order valence-electron chi connectivity index (χ1n) is 5.41. The second-order valence-corrected chi connectivity index (χ2v) is 4.99. The lowest BCUT2D eigenvalue weighted by atomic mass is 10.2. The lowest BCUT2D eigenvalue weighted by Crippen LogP contribution is -2.08. The van der Waals surface area contributed by atoms with Crippen molar-refractivity contribution in [2.45, 2.75) is 0 Å². The Hall–Kier alpha value is -1.52. The van der Waals surface area contributed by atoms with Crippen LogP contribution in [0.5, 0.6) is 11.5 Å². The highest BCUT2D eigenvalue weighted by Crippen LogP contribution is 2.28. The van der Waals surface area contributed by atoms with E-state index in [1.165, 1.54) is 0 Å². The van der Waals surface area contributed by atoms with E-state index in [0.717, 1.165) is 0 Å². The minimum absolute atomic E-state index is 0.414. The highest BCUT2D eigenvalue weighted by Gasteiger charge is 2.11. The number of rotatable bonds is 3. The molecule has 0 aromatic heterocycles. The molecule has 0 N–H and O–H groups in total. The summed E-state index contributed by atoms with van der Waals surface area (Å²) in [5, 5.41) is 0.563. The maximum absolute atomic E-state index is 12.0. The van der Waals surface area contributed by atoms with Gasteiger partial charge < -0.3 is 9.47 Å². The normalized spacial score (nSPS) is 10.1. The Morgan fingerprint density at radius 2 is 2.00 bits per heavy atom. The van der Waals surface area contributed by atoms with E-state index in [0.29, 0.717) is 26.6 Å². The smallest absolute Gasteiger partial charge is 0.343 e. The molecule has 2 aromatic rings. The number of carbonyl (C=O) groups is 1. The summed E-state index contributed by atoms with van der Waals surface area (Å²) < 4.78 is 11.0. The summed E-state index contributed by atoms with van der Waals surface area (Å²) >= 11 is 9.11. The van der Waals surface area contributed by atoms with E-state index in [-0.39, 0.29) is 0 Å². The van der Waals surface area contributed by atoms with Crippen molar-refractivity contribution in [1.82, 2.24) is 0 Å². The van der Waals surface area contributed by atoms with Gasteiger partial charge in [-0.15, -0.1) is 0 Å². The van der Waals surface area contributed by atoms with Crippen molar-refractivity contribution in [3.63, 3.8) is 0 Å². The van der Waals surface area contributed by atoms with Crippen molar-refractivity contribution in [2.75, 3.05) is 7.11 Å². The van der Waals surface area contributed by atoms with Gasteiger partial charge in [0.15, 0.2) is 0 Å². The molecule has 0 spiro atoms. The molecule has 0 aliphatic carbocycles. The number of esters is 1. The first-order valence-corrected chi connectivity index (χ1v) is 6.58. The molecule has 0 heterocycles. The second kappa shape index (κ2) is 6.08. The van der Waals surface area contributed by atoms with Crippen molar-refractivity contribution in [1.29, 1.82) is 0 Å². The van der Waals surface area contributed by atoms with Crippen LogP contribution in [0.3, 0.4) is 0 Å². The maximum atomic E-state index is 12.0. The van der Waals surface area contributed by atoms with Crippen LogP contribution in [0.4, 0.5) is 0 Å². The standard InChI is InChI=1S/C14H10BrClO3/c1-18-11-4-2-3-9(7-11)14(17)19-13-6-5-10(16)8-12(13)15/h2-8H,1H3. The third-order valence-corrected chi connectivity index (χ3v) is 3.26. The fraction of sp³-hybridized carbons (Fsp3) is 0.0714. The SMILES string of the molecule is COc1cccc(C(=O)Oc2ccc(Cl)cc2Br)c1. The average molecular weight is 342 g/mol. The molecule has 3 nitrogen and oxygen atoms in total. The quantitative estimate of drug-likeness (QED) is 0.616. The van der Waals surface area contributed by atoms with Gasteiger partial charge in [0.1, 0.15) is 11.5 Å². The fourth-order valence-electron chi connectivity index (χ4n) is 1.47. The molecule has 0 saturated heterocycles. The minimum Gasteiger partial charge on any atom is -0.497 e. The fourth-order valence-corrected chi connectivity index (χ4v) is 2.23. The molecule has 0 amide bonds. The Morgan fingerprint density at radius 1 is 1.21 bits per heavy atom. The molecule has 0 aliphatic heterocycles. The molecule has 0 fully saturated rings. The zero-order valence-corrected chi connectivity index (χ0v) is 12.4. The number of hydrogen-bond donors (Lipinski definition) is 0. The molecule has 0 bridgehead atoms. The lowest BCUT2D eigenvalue weighted by molar-refractivity contribution is 0.0733. The third-order valence-electron chi connectivity index (χ3n) is 2.40. The van der Waals surface area contributed by atoms with Crippen LogP contribution in [0.2, 0.25) is 5.02 Å². The van der Waals surface area contributed by atoms with Gasteiger partial charge in [0, 0.05) is 5.02 Å². The lowest BCUT2D eigenvalue weighted by Gasteiger charge is -2.07. The van der Waals surface area contributed by atoms with Crippen LogP contribution in [0, 0.1) is 0 Å². The van der Waals surface area contributed by atoms with Gasteiger partial charge in [-0.25, -0.2) is 4.79 Å². The number of methoxy groups -OCH3 is 1. The number of benzene rings is 2. The molecule has 0 atom stereocenters. The highest BCUT2D eigenvalue weighted by molar-refractivity contribution is 9.10. The van der Waals surface area contributed by atoms with Gasteiger partial charge in [-0.05, 0) is 52.3 Å². The van der Waals surface area contributed by atoms with Gasteiger partial charge in [0.2, 0.25) is 0 Å². The van der Waals surface area contributed by atoms with Crippen molar-refractivity contribution in [3.05, 3.63) is 57.5 Å². The number of ether oxygens (including phenoxy) is 2. The largest absolute Gasteiger partial charge is 0.497 e. The predicted molar refractivity (Wildman–Crippen MR) is 77.1 cm³/mol. The summed E-state index contributed by atoms with van der Waals surface area (Å²) in [4.78, 5) is 12.0. The van der Waals surface area contributed by atoms with Gasteiger partial charge in [0.25, 0.3) is 0 Å². The first-order chi connectivity index (χ1) is 9.10. The predicted octanol–water partition coefficient (Wildman–Crippen LogP) is 4.33. The van der Waals surface area contributed by atoms with Crippen LogP contribution in [0.15, 0.2) is 46.9 Å². The van der Waals surface area contributed by atoms with Crippen LogP contribution in [-0.4, -0.2) is 13.1 Å². The second-order valence-electron chi connectivity index (χ2n) is 3.70. The Morgan fingerprint density at radius 3 is 2.68 bits per heavy atom. The molecular weight excluding hydrogens is 332 g/mol. The van der Waals surface area contributed by atoms with Gasteiger partial charge >= 0.3 is 5.97 Å². The van der Waals surface area contributed by atoms with Gasteiger partial charge in [-0.3, -0.25) is 0 Å². The molecule has 5 heteroatoms. The molecule has 0 saturated carbocycles. The summed E-state index contributed by atoms with van der Waals surface area (Å²) in [6.07, 6.45) is 0. The van der Waals surface area contributed by atoms with E-state index in [1.807, 2.05) is 0 Å². The third kappa shape index (κ3) is 3.49. The molecule has 0 unspecified atom stereocenters. The molecule has 0 radical (unpaired) electrons. The summed E-state index contributed by atoms with van der Waals surface area (Å²) in [6, 6.07) is 11.7. The summed E-state index contributed by atoms with van der Waals surface area (Å²) in [6.45, 7) is 0. The van der Waals surface area contributed by atoms with Crippen LogP contribution in [0.1, 0.15) is 10.4 Å². The topological polar surface area (TPSA) is 35.5 Å². The monoisotopic (exact) mass is 340 g/mol. The average Bonchev–Trinajstić information content (AvgIpc) is 2.42. The van der Waals surface area contributed by atoms with Gasteiger partial charge in [-0.2, -0.15) is 0 Å². The van der Waals surface area contributed by atoms with Gasteiger partial charge in [-0.1, -0.05) is 17.7 Å². The summed E-state index contributed by atoms with van der Waals surface area (Å²) in [7, 11) is 1.54. The molecule has 2 rings (SSSR count).